The average Bonchev–Trinajstić information content (AvgIpc) is 3.22. The minimum absolute atomic E-state index is 0.0259. The number of aliphatic carboxylic acids is 2. The summed E-state index contributed by atoms with van der Waals surface area (Å²) < 4.78 is 0. The van der Waals surface area contributed by atoms with Crippen molar-refractivity contribution in [3.05, 3.63) is 35.4 Å². The second kappa shape index (κ2) is 25.8. The summed E-state index contributed by atoms with van der Waals surface area (Å²) in [6.07, 6.45) is -0.535. The number of benzene rings is 1. The van der Waals surface area contributed by atoms with E-state index in [4.69, 9.17) is 5.73 Å². The molecule has 7 amide bonds. The number of nitrogens with two attached hydrogens (primary N) is 1. The Morgan fingerprint density at radius 1 is 0.735 bits per heavy atom. The average molecular weight is 956 g/mol. The number of hydrogen-bond donors (Lipinski definition) is 9. The maximum atomic E-state index is 14.4. The van der Waals surface area contributed by atoms with Crippen LogP contribution in [0.2, 0.25) is 0 Å². The highest BCUT2D eigenvalue weighted by atomic mass is 16.4. The van der Waals surface area contributed by atoms with Crippen molar-refractivity contribution in [3.63, 3.8) is 0 Å². The molecule has 20 heteroatoms. The molecule has 0 bridgehead atoms. The van der Waals surface area contributed by atoms with Gasteiger partial charge in [0.05, 0.1) is 12.5 Å². The van der Waals surface area contributed by atoms with Crippen LogP contribution >= 0.6 is 0 Å². The van der Waals surface area contributed by atoms with Crippen molar-refractivity contribution in [1.29, 1.82) is 0 Å². The zero-order valence-electron chi connectivity index (χ0n) is 41.0. The molecule has 0 aromatic heterocycles. The van der Waals surface area contributed by atoms with Crippen LogP contribution in [0.5, 0.6) is 0 Å². The number of ketones is 2. The van der Waals surface area contributed by atoms with E-state index in [1.807, 2.05) is 20.8 Å². The molecule has 1 fully saturated rings. The van der Waals surface area contributed by atoms with E-state index in [9.17, 15) is 63.0 Å². The minimum atomic E-state index is -1.70. The second-order valence-electron chi connectivity index (χ2n) is 20.0. The molecule has 0 saturated heterocycles. The minimum Gasteiger partial charge on any atom is -0.481 e. The first kappa shape index (κ1) is 57.9. The van der Waals surface area contributed by atoms with Gasteiger partial charge < -0.3 is 47.8 Å². The van der Waals surface area contributed by atoms with E-state index in [0.717, 1.165) is 5.56 Å². The lowest BCUT2D eigenvalue weighted by Gasteiger charge is -2.51. The Bertz CT molecular complexity index is 2050. The van der Waals surface area contributed by atoms with E-state index in [0.29, 0.717) is 24.8 Å². The molecule has 1 aromatic rings. The van der Waals surface area contributed by atoms with Crippen molar-refractivity contribution in [2.24, 2.45) is 34.3 Å². The lowest BCUT2D eigenvalue weighted by Crippen LogP contribution is -2.62. The molecule has 1 aliphatic carbocycles. The van der Waals surface area contributed by atoms with Crippen LogP contribution in [0.3, 0.4) is 0 Å². The highest BCUT2D eigenvalue weighted by Crippen LogP contribution is 2.53. The number of carboxylic acid groups (broad SMARTS) is 2. The summed E-state index contributed by atoms with van der Waals surface area (Å²) in [6, 6.07) is -1.73. The van der Waals surface area contributed by atoms with Gasteiger partial charge in [0, 0.05) is 25.2 Å². The first-order chi connectivity index (χ1) is 31.5. The summed E-state index contributed by atoms with van der Waals surface area (Å²) in [5, 5.41) is 34.6. The maximum absolute atomic E-state index is 14.4. The Morgan fingerprint density at radius 3 is 1.79 bits per heavy atom. The topological polar surface area (TPSA) is 326 Å². The van der Waals surface area contributed by atoms with Crippen LogP contribution in [0.1, 0.15) is 131 Å². The lowest BCUT2D eigenvalue weighted by atomic mass is 9.52. The summed E-state index contributed by atoms with van der Waals surface area (Å²) >= 11 is 0. The number of Topliss-reactive ketones (excluding diaryl/α,β-unsaturated/α-hetero) is 2. The third kappa shape index (κ3) is 17.8. The summed E-state index contributed by atoms with van der Waals surface area (Å²) in [4.78, 5) is 143. The third-order valence-corrected chi connectivity index (χ3v) is 12.5. The van der Waals surface area contributed by atoms with Crippen LogP contribution in [0.4, 0.5) is 0 Å². The predicted molar refractivity (Wildman–Crippen MR) is 249 cm³/mol. The van der Waals surface area contributed by atoms with Crippen LogP contribution in [0.15, 0.2) is 24.3 Å². The molecule has 68 heavy (non-hydrogen) atoms. The molecule has 378 valence electrons. The Labute approximate surface area is 398 Å². The number of hydrogen-bond acceptors (Lipinski definition) is 11. The Balaban J connectivity index is 2.47. The predicted octanol–water partition coefficient (Wildman–Crippen LogP) is 1.76. The number of nitrogens with one attached hydrogen (secondary N) is 6. The van der Waals surface area contributed by atoms with Crippen LogP contribution in [0, 0.1) is 35.5 Å². The van der Waals surface area contributed by atoms with Crippen molar-refractivity contribution in [2.45, 2.75) is 170 Å². The van der Waals surface area contributed by atoms with Gasteiger partial charge in [-0.2, -0.15) is 0 Å². The van der Waals surface area contributed by atoms with Gasteiger partial charge in [0.25, 0.3) is 5.91 Å². The molecule has 0 radical (unpaired) electrons. The summed E-state index contributed by atoms with van der Waals surface area (Å²) in [7, 11) is 0. The molecular weight excluding hydrogens is 883 g/mol. The normalized spacial score (nSPS) is 17.9. The van der Waals surface area contributed by atoms with Crippen molar-refractivity contribution < 1.29 is 63.0 Å². The van der Waals surface area contributed by atoms with Crippen molar-refractivity contribution in [2.75, 3.05) is 0 Å². The number of carboxylic acids is 2. The smallest absolute Gasteiger partial charge is 0.305 e. The fourth-order valence-corrected chi connectivity index (χ4v) is 8.26. The van der Waals surface area contributed by atoms with Gasteiger partial charge in [-0.25, -0.2) is 0 Å². The molecule has 0 aliphatic heterocycles. The van der Waals surface area contributed by atoms with Gasteiger partial charge in [-0.1, -0.05) is 92.5 Å². The fraction of sp³-hybridized carbons (Fsp3) is 0.646. The summed E-state index contributed by atoms with van der Waals surface area (Å²) in [5.41, 5.74) is 5.02. The number of unbranched alkanes of at least 4 members (excludes halogenated alkanes) is 1. The highest BCUT2D eigenvalue weighted by Gasteiger charge is 2.51. The Morgan fingerprint density at radius 2 is 1.28 bits per heavy atom. The van der Waals surface area contributed by atoms with Crippen molar-refractivity contribution >= 4 is 64.9 Å². The van der Waals surface area contributed by atoms with E-state index in [1.54, 1.807) is 65.8 Å². The monoisotopic (exact) mass is 956 g/mol. The largest absolute Gasteiger partial charge is 0.481 e. The molecule has 0 spiro atoms. The van der Waals surface area contributed by atoms with Crippen LogP contribution in [-0.4, -0.2) is 111 Å². The van der Waals surface area contributed by atoms with Crippen LogP contribution in [0.25, 0.3) is 0 Å². The summed E-state index contributed by atoms with van der Waals surface area (Å²) in [5.74, 6) is -10.9. The van der Waals surface area contributed by atoms with E-state index < -0.39 is 125 Å². The van der Waals surface area contributed by atoms with Crippen molar-refractivity contribution in [1.82, 2.24) is 31.9 Å². The van der Waals surface area contributed by atoms with E-state index >= 15 is 0 Å². The Kier molecular flexibility index (Phi) is 22.0. The molecule has 2 rings (SSSR count). The quantitative estimate of drug-likeness (QED) is 0.0542. The molecule has 2 unspecified atom stereocenters. The second-order valence-corrected chi connectivity index (χ2v) is 20.0. The summed E-state index contributed by atoms with van der Waals surface area (Å²) in [6.45, 7) is 17.3. The highest BCUT2D eigenvalue weighted by molar-refractivity contribution is 6.37. The van der Waals surface area contributed by atoms with Gasteiger partial charge >= 0.3 is 11.9 Å². The van der Waals surface area contributed by atoms with E-state index in [1.165, 1.54) is 6.92 Å². The first-order valence-electron chi connectivity index (χ1n) is 23.1. The zero-order valence-corrected chi connectivity index (χ0v) is 41.0. The molecule has 10 N–H and O–H groups in total. The molecular formula is C48H73N7O13. The van der Waals surface area contributed by atoms with Gasteiger partial charge in [-0.3, -0.25) is 52.7 Å². The standard InChI is InChI=1S/C48H73N7O13/c1-11-12-17-31(39(62)41(49)63)51-43(65)33(20-25(2)3)54-46(68)40(47(6,7)8)55-45(67)34(21-28-16-14-13-15-26(28)4)53-42(64)32(18-19-37(58)59)52-44(66)35(24-38(60)61)50-36(57)23-29-22-30(27(5)56)48(29,9)10/h13-16,25,29-35,40H,11-12,17-24H2,1-10H3,(H2,49,63)(H,50,57)(H,51,65)(H,52,66)(H,53,64)(H,54,68)(H,55,67)(H,58,59)(H,60,61)/t29?,30?,31-,32-,33-,34-,35-,40+/m0/s1. The number of carbonyl (C=O) groups is 11. The molecule has 1 saturated carbocycles. The third-order valence-electron chi connectivity index (χ3n) is 12.5. The number of aryl methyl sites for hydroxylation is 1. The number of amides is 7. The van der Waals surface area contributed by atoms with E-state index in [2.05, 4.69) is 31.9 Å². The zero-order chi connectivity index (χ0) is 51.8. The molecule has 8 atom stereocenters. The number of rotatable bonds is 28. The lowest BCUT2D eigenvalue weighted by molar-refractivity contribution is -0.144. The SMILES string of the molecule is CCCC[C@H](NC(=O)[C@H](CC(C)C)NC(=O)[C@@H](NC(=O)[C@H](Cc1ccccc1C)NC(=O)[C@H](CCC(=O)O)NC(=O)[C@H](CC(=O)O)NC(=O)CC1CC(C(C)=O)C1(C)C)C(C)(C)C)C(=O)C(N)=O. The van der Waals surface area contributed by atoms with Gasteiger partial charge in [-0.15, -0.1) is 0 Å². The number of carbonyl (C=O) groups excluding carboxylic acids is 9. The van der Waals surface area contributed by atoms with Gasteiger partial charge in [-0.05, 0) is 73.3 Å². The van der Waals surface area contributed by atoms with E-state index in [-0.39, 0.29) is 49.2 Å². The maximum Gasteiger partial charge on any atom is 0.305 e. The van der Waals surface area contributed by atoms with Gasteiger partial charge in [0.15, 0.2) is 0 Å². The Hall–Kier alpha value is -6.21. The molecule has 20 nitrogen and oxygen atoms in total. The molecule has 1 aromatic carbocycles. The number of primary amides is 1. The van der Waals surface area contributed by atoms with Gasteiger partial charge in [0.2, 0.25) is 41.2 Å². The fourth-order valence-electron chi connectivity index (χ4n) is 8.26. The molecule has 0 heterocycles. The van der Waals surface area contributed by atoms with Crippen LogP contribution < -0.4 is 37.6 Å². The van der Waals surface area contributed by atoms with Crippen LogP contribution in [-0.2, 0) is 59.2 Å². The van der Waals surface area contributed by atoms with Crippen molar-refractivity contribution in [3.8, 4) is 0 Å². The van der Waals surface area contributed by atoms with Gasteiger partial charge in [0.1, 0.15) is 36.0 Å². The first-order valence-corrected chi connectivity index (χ1v) is 23.1. The molecule has 1 aliphatic rings.